The van der Waals surface area contributed by atoms with Gasteiger partial charge in [0.1, 0.15) is 17.4 Å². The molecule has 0 aliphatic carbocycles. The van der Waals surface area contributed by atoms with Gasteiger partial charge in [-0.2, -0.15) is 4.31 Å². The fourth-order valence-corrected chi connectivity index (χ4v) is 5.26. The van der Waals surface area contributed by atoms with Crippen molar-refractivity contribution in [3.63, 3.8) is 0 Å². The van der Waals surface area contributed by atoms with Crippen LogP contribution < -0.4 is 10.5 Å². The van der Waals surface area contributed by atoms with Gasteiger partial charge < -0.3 is 10.5 Å². The predicted octanol–water partition coefficient (Wildman–Crippen LogP) is 2.69. The quantitative estimate of drug-likeness (QED) is 0.740. The van der Waals surface area contributed by atoms with Gasteiger partial charge in [-0.25, -0.2) is 17.2 Å². The number of carbonyl (C=O) groups excluding carboxylic acids is 1. The summed E-state index contributed by atoms with van der Waals surface area (Å²) in [6, 6.07) is 11.1. The highest BCUT2D eigenvalue weighted by Gasteiger charge is 2.42. The first-order valence-electron chi connectivity index (χ1n) is 9.13. The Balaban J connectivity index is 1.86. The number of nitrogens with zero attached hydrogens (tertiary/aromatic N) is 1. The molecule has 6 nitrogen and oxygen atoms in total. The summed E-state index contributed by atoms with van der Waals surface area (Å²) in [7, 11) is -4.15. The second kappa shape index (κ2) is 8.46. The van der Waals surface area contributed by atoms with Gasteiger partial charge in [-0.05, 0) is 37.1 Å². The molecule has 2 aromatic carbocycles. The normalized spacial score (nSPS) is 20.3. The predicted molar refractivity (Wildman–Crippen MR) is 103 cm³/mol. The number of hydrogen-bond donors (Lipinski definition) is 1. The zero-order valence-corrected chi connectivity index (χ0v) is 16.5. The summed E-state index contributed by atoms with van der Waals surface area (Å²) in [5, 5.41) is 0. The van der Waals surface area contributed by atoms with Crippen molar-refractivity contribution in [3.05, 3.63) is 60.2 Å². The molecule has 2 N–H and O–H groups in total. The van der Waals surface area contributed by atoms with E-state index in [-0.39, 0.29) is 26.1 Å². The van der Waals surface area contributed by atoms with Crippen molar-refractivity contribution in [2.24, 2.45) is 11.1 Å². The summed E-state index contributed by atoms with van der Waals surface area (Å²) in [4.78, 5) is 11.2. The number of carbonyl (C=O) groups is 1. The van der Waals surface area contributed by atoms with Gasteiger partial charge >= 0.3 is 0 Å². The van der Waals surface area contributed by atoms with E-state index in [1.807, 2.05) is 6.07 Å². The minimum absolute atomic E-state index is 0.0385. The molecule has 3 rings (SSSR count). The maximum atomic E-state index is 13.6. The molecule has 1 unspecified atom stereocenters. The lowest BCUT2D eigenvalue weighted by Crippen LogP contribution is -2.50. The van der Waals surface area contributed by atoms with E-state index in [0.717, 1.165) is 16.4 Å². The Kier molecular flexibility index (Phi) is 6.18. The van der Waals surface area contributed by atoms with Gasteiger partial charge in [0.15, 0.2) is 0 Å². The van der Waals surface area contributed by atoms with Crippen LogP contribution in [0.1, 0.15) is 19.3 Å². The first-order chi connectivity index (χ1) is 13.7. The average molecular weight is 424 g/mol. The molecule has 9 heteroatoms. The van der Waals surface area contributed by atoms with Crippen LogP contribution in [0.5, 0.6) is 5.75 Å². The molecule has 1 atom stereocenters. The van der Waals surface area contributed by atoms with Crippen LogP contribution in [-0.4, -0.2) is 38.3 Å². The Labute approximate surface area is 168 Å². The number of para-hydroxylation sites is 1. The second-order valence-corrected chi connectivity index (χ2v) is 9.23. The number of halogens is 2. The van der Waals surface area contributed by atoms with E-state index in [1.165, 1.54) is 0 Å². The number of ether oxygens (including phenoxy) is 1. The molecule has 0 bridgehead atoms. The topological polar surface area (TPSA) is 89.7 Å². The smallest absolute Gasteiger partial charge is 0.243 e. The lowest BCUT2D eigenvalue weighted by molar-refractivity contribution is -0.121. The number of piperidine rings is 1. The maximum Gasteiger partial charge on any atom is 0.243 e. The number of rotatable bonds is 7. The summed E-state index contributed by atoms with van der Waals surface area (Å²) in [5.41, 5.74) is 4.59. The van der Waals surface area contributed by atoms with Crippen LogP contribution in [0.25, 0.3) is 0 Å². The van der Waals surface area contributed by atoms with Crippen LogP contribution >= 0.6 is 0 Å². The van der Waals surface area contributed by atoms with E-state index in [2.05, 4.69) is 0 Å². The van der Waals surface area contributed by atoms with E-state index in [4.69, 9.17) is 10.5 Å². The molecule has 0 aromatic heterocycles. The molecule has 0 saturated carbocycles. The van der Waals surface area contributed by atoms with Crippen molar-refractivity contribution in [1.29, 1.82) is 0 Å². The van der Waals surface area contributed by atoms with Gasteiger partial charge in [0.2, 0.25) is 15.9 Å². The number of benzene rings is 2. The van der Waals surface area contributed by atoms with Gasteiger partial charge in [-0.1, -0.05) is 18.2 Å². The van der Waals surface area contributed by atoms with Crippen LogP contribution in [0, 0.1) is 17.0 Å². The van der Waals surface area contributed by atoms with Crippen molar-refractivity contribution in [2.45, 2.75) is 24.2 Å². The molecular weight excluding hydrogens is 402 g/mol. The van der Waals surface area contributed by atoms with Crippen molar-refractivity contribution in [1.82, 2.24) is 4.31 Å². The summed E-state index contributed by atoms with van der Waals surface area (Å²) >= 11 is 0. The molecule has 29 heavy (non-hydrogen) atoms. The Morgan fingerprint density at radius 2 is 1.79 bits per heavy atom. The first-order valence-corrected chi connectivity index (χ1v) is 10.6. The molecule has 156 valence electrons. The molecule has 1 amide bonds. The summed E-state index contributed by atoms with van der Waals surface area (Å²) in [5.74, 6) is -1.94. The number of hydrogen-bond acceptors (Lipinski definition) is 4. The highest BCUT2D eigenvalue weighted by molar-refractivity contribution is 7.89. The van der Waals surface area contributed by atoms with Crippen LogP contribution in [0.2, 0.25) is 0 Å². The van der Waals surface area contributed by atoms with Crippen molar-refractivity contribution in [2.75, 3.05) is 19.7 Å². The number of sulfonamides is 1. The molecule has 1 aliphatic heterocycles. The number of nitrogens with two attached hydrogens (primary N) is 1. The minimum Gasteiger partial charge on any atom is -0.493 e. The molecular formula is C20H22F2N2O4S. The van der Waals surface area contributed by atoms with Gasteiger partial charge in [0.25, 0.3) is 0 Å². The monoisotopic (exact) mass is 424 g/mol. The second-order valence-electron chi connectivity index (χ2n) is 7.29. The Morgan fingerprint density at radius 1 is 1.14 bits per heavy atom. The van der Waals surface area contributed by atoms with Crippen LogP contribution in [0.4, 0.5) is 8.78 Å². The van der Waals surface area contributed by atoms with Gasteiger partial charge in [0.05, 0.1) is 11.5 Å². The lowest BCUT2D eigenvalue weighted by atomic mass is 9.78. The minimum atomic E-state index is -4.15. The molecule has 0 spiro atoms. The Morgan fingerprint density at radius 3 is 2.41 bits per heavy atom. The van der Waals surface area contributed by atoms with E-state index in [9.17, 15) is 22.0 Å². The van der Waals surface area contributed by atoms with Crippen molar-refractivity contribution in [3.8, 4) is 5.75 Å². The van der Waals surface area contributed by atoms with Gasteiger partial charge in [0, 0.05) is 31.0 Å². The molecule has 0 radical (unpaired) electrons. The van der Waals surface area contributed by atoms with Crippen LogP contribution in [-0.2, 0) is 14.8 Å². The maximum absolute atomic E-state index is 13.6. The molecule has 1 saturated heterocycles. The summed E-state index contributed by atoms with van der Waals surface area (Å²) < 4.78 is 60.0. The van der Waals surface area contributed by atoms with Crippen LogP contribution in [0.3, 0.4) is 0 Å². The SMILES string of the molecule is NC(=O)CC1(COc2ccccc2)CCCN(S(=O)(=O)c2cc(F)cc(F)c2)C1. The summed E-state index contributed by atoms with van der Waals surface area (Å²) in [6.07, 6.45) is 0.929. The summed E-state index contributed by atoms with van der Waals surface area (Å²) in [6.45, 7) is 0.221. The molecule has 1 aliphatic rings. The Hall–Kier alpha value is -2.52. The highest BCUT2D eigenvalue weighted by atomic mass is 32.2. The molecule has 2 aromatic rings. The van der Waals surface area contributed by atoms with Crippen molar-refractivity contribution < 1.29 is 26.7 Å². The number of amides is 1. The fraction of sp³-hybridized carbons (Fsp3) is 0.350. The van der Waals surface area contributed by atoms with Crippen LogP contribution in [0.15, 0.2) is 53.4 Å². The lowest BCUT2D eigenvalue weighted by Gasteiger charge is -2.41. The van der Waals surface area contributed by atoms with E-state index < -0.39 is 37.9 Å². The van der Waals surface area contributed by atoms with Crippen molar-refractivity contribution >= 4 is 15.9 Å². The van der Waals surface area contributed by atoms with Gasteiger partial charge in [-0.3, -0.25) is 4.79 Å². The largest absolute Gasteiger partial charge is 0.493 e. The highest BCUT2D eigenvalue weighted by Crippen LogP contribution is 2.36. The fourth-order valence-electron chi connectivity index (χ4n) is 3.63. The third kappa shape index (κ3) is 5.10. The van der Waals surface area contributed by atoms with E-state index in [0.29, 0.717) is 24.7 Å². The zero-order chi connectivity index (χ0) is 21.1. The standard InChI is InChI=1S/C20H22F2N2O4S/c21-15-9-16(22)11-18(10-15)29(26,27)24-8-4-7-20(13-24,12-19(23)25)14-28-17-5-2-1-3-6-17/h1-3,5-6,9-11H,4,7-8,12-14H2,(H2,23,25). The number of primary amides is 1. The molecule has 1 fully saturated rings. The van der Waals surface area contributed by atoms with E-state index in [1.54, 1.807) is 24.3 Å². The zero-order valence-electron chi connectivity index (χ0n) is 15.7. The Bertz CT molecular complexity index is 965. The third-order valence-electron chi connectivity index (χ3n) is 4.94. The average Bonchev–Trinajstić information content (AvgIpc) is 2.66. The van der Waals surface area contributed by atoms with Gasteiger partial charge in [-0.15, -0.1) is 0 Å². The molecule has 1 heterocycles. The van der Waals surface area contributed by atoms with E-state index >= 15 is 0 Å². The first kappa shape index (κ1) is 21.2. The third-order valence-corrected chi connectivity index (χ3v) is 6.76.